The van der Waals surface area contributed by atoms with Gasteiger partial charge in [-0.3, -0.25) is 4.79 Å². The number of nitrogens with zero attached hydrogens (tertiary/aromatic N) is 2. The normalized spacial score (nSPS) is 20.0. The molecule has 2 saturated heterocycles. The largest absolute Gasteiger partial charge is 0.397 e. The molecule has 31 heavy (non-hydrogen) atoms. The molecule has 4 heterocycles. The molecule has 3 N–H and O–H groups in total. The average Bonchev–Trinajstić information content (AvgIpc) is 3.06. The summed E-state index contributed by atoms with van der Waals surface area (Å²) in [6, 6.07) is 3.72. The molecule has 1 aliphatic carbocycles. The fourth-order valence-corrected chi connectivity index (χ4v) is 5.57. The number of hydrogen-bond donors (Lipinski definition) is 2. The SMILES string of the molecule is Nc1c(C(=O)NCCc2cc(F)c(N3CC4CC(C4)C3)cc2F)sc2ncc(F)cc12. The number of benzene rings is 1. The fourth-order valence-electron chi connectivity index (χ4n) is 4.61. The van der Waals surface area contributed by atoms with E-state index in [1.54, 1.807) is 0 Å². The number of nitrogens with two attached hydrogens (primary N) is 1. The minimum absolute atomic E-state index is 0.109. The number of anilines is 2. The third-order valence-corrected chi connectivity index (χ3v) is 7.31. The maximum absolute atomic E-state index is 14.7. The van der Waals surface area contributed by atoms with E-state index in [1.807, 2.05) is 4.90 Å². The second-order valence-corrected chi connectivity index (χ2v) is 9.36. The summed E-state index contributed by atoms with van der Waals surface area (Å²) in [4.78, 5) is 19.0. The van der Waals surface area contributed by atoms with Crippen LogP contribution < -0.4 is 16.0 Å². The van der Waals surface area contributed by atoms with Crippen molar-refractivity contribution >= 4 is 38.8 Å². The Labute approximate surface area is 181 Å². The van der Waals surface area contributed by atoms with Gasteiger partial charge in [-0.1, -0.05) is 0 Å². The number of thiophene rings is 1. The summed E-state index contributed by atoms with van der Waals surface area (Å²) >= 11 is 1.06. The monoisotopic (exact) mass is 446 g/mol. The summed E-state index contributed by atoms with van der Waals surface area (Å²) in [6.07, 6.45) is 3.58. The van der Waals surface area contributed by atoms with E-state index in [2.05, 4.69) is 10.3 Å². The Kier molecular flexibility index (Phi) is 5.00. The van der Waals surface area contributed by atoms with Gasteiger partial charge in [-0.2, -0.15) is 0 Å². The molecular formula is C22H21F3N4OS. The number of amides is 1. The predicted molar refractivity (Wildman–Crippen MR) is 115 cm³/mol. The van der Waals surface area contributed by atoms with Crippen LogP contribution in [0.5, 0.6) is 0 Å². The number of carbonyl (C=O) groups is 1. The number of halogens is 3. The van der Waals surface area contributed by atoms with E-state index in [4.69, 9.17) is 5.73 Å². The molecule has 2 aromatic heterocycles. The van der Waals surface area contributed by atoms with Crippen LogP contribution in [0.1, 0.15) is 28.1 Å². The van der Waals surface area contributed by atoms with Gasteiger partial charge in [0.2, 0.25) is 0 Å². The third-order valence-electron chi connectivity index (χ3n) is 6.18. The lowest BCUT2D eigenvalue weighted by atomic mass is 9.71. The molecule has 3 fully saturated rings. The van der Waals surface area contributed by atoms with Crippen molar-refractivity contribution < 1.29 is 18.0 Å². The van der Waals surface area contributed by atoms with Crippen LogP contribution in [-0.4, -0.2) is 30.5 Å². The highest BCUT2D eigenvalue weighted by atomic mass is 32.1. The number of hydrogen-bond acceptors (Lipinski definition) is 5. The highest BCUT2D eigenvalue weighted by molar-refractivity contribution is 7.21. The summed E-state index contributed by atoms with van der Waals surface area (Å²) in [7, 11) is 0. The molecule has 9 heteroatoms. The number of aromatic nitrogens is 1. The molecule has 3 aliphatic rings. The summed E-state index contributed by atoms with van der Waals surface area (Å²) < 4.78 is 42.7. The van der Waals surface area contributed by atoms with E-state index < -0.39 is 23.4 Å². The molecule has 2 bridgehead atoms. The van der Waals surface area contributed by atoms with Crippen LogP contribution in [0.15, 0.2) is 24.4 Å². The number of piperidine rings is 2. The first-order valence-corrected chi connectivity index (χ1v) is 11.0. The maximum Gasteiger partial charge on any atom is 0.263 e. The van der Waals surface area contributed by atoms with Gasteiger partial charge in [0.1, 0.15) is 27.2 Å². The van der Waals surface area contributed by atoms with Crippen LogP contribution in [0.3, 0.4) is 0 Å². The lowest BCUT2D eigenvalue weighted by molar-refractivity contribution is 0.0959. The van der Waals surface area contributed by atoms with Gasteiger partial charge in [0.25, 0.3) is 5.91 Å². The quantitative estimate of drug-likeness (QED) is 0.619. The van der Waals surface area contributed by atoms with Gasteiger partial charge in [0, 0.05) is 31.1 Å². The van der Waals surface area contributed by atoms with E-state index in [1.165, 1.54) is 31.0 Å². The molecule has 162 valence electrons. The first-order chi connectivity index (χ1) is 14.9. The van der Waals surface area contributed by atoms with Crippen molar-refractivity contribution in [3.05, 3.63) is 52.3 Å². The van der Waals surface area contributed by atoms with E-state index in [9.17, 15) is 18.0 Å². The molecule has 1 saturated carbocycles. The highest BCUT2D eigenvalue weighted by Gasteiger charge is 2.38. The zero-order valence-corrected chi connectivity index (χ0v) is 17.4. The van der Waals surface area contributed by atoms with Crippen LogP contribution in [-0.2, 0) is 6.42 Å². The molecule has 5 nitrogen and oxygen atoms in total. The minimum atomic E-state index is -0.536. The lowest BCUT2D eigenvalue weighted by Crippen LogP contribution is -2.49. The van der Waals surface area contributed by atoms with Crippen molar-refractivity contribution in [3.63, 3.8) is 0 Å². The van der Waals surface area contributed by atoms with E-state index in [0.717, 1.165) is 30.6 Å². The number of rotatable bonds is 5. The van der Waals surface area contributed by atoms with E-state index in [0.29, 0.717) is 27.7 Å². The van der Waals surface area contributed by atoms with Gasteiger partial charge in [0.05, 0.1) is 17.6 Å². The number of carbonyl (C=O) groups excluding carboxylic acids is 1. The first kappa shape index (κ1) is 20.1. The molecule has 0 spiro atoms. The van der Waals surface area contributed by atoms with E-state index in [-0.39, 0.29) is 29.1 Å². The van der Waals surface area contributed by atoms with Gasteiger partial charge in [-0.25, -0.2) is 18.2 Å². The van der Waals surface area contributed by atoms with Crippen molar-refractivity contribution in [1.82, 2.24) is 10.3 Å². The topological polar surface area (TPSA) is 71.2 Å². The van der Waals surface area contributed by atoms with E-state index >= 15 is 0 Å². The summed E-state index contributed by atoms with van der Waals surface area (Å²) in [6.45, 7) is 1.66. The standard InChI is InChI=1S/C22H21F3N4OS/c23-14-6-15-19(26)20(31-22(15)28-8-14)21(30)27-2-1-13-5-17(25)18(7-16(13)24)29-9-11-3-12(4-11)10-29/h5-8,11-12H,1-4,9-10,26H2,(H,27,30). The van der Waals surface area contributed by atoms with Crippen LogP contribution >= 0.6 is 11.3 Å². The Bertz CT molecular complexity index is 1170. The zero-order chi connectivity index (χ0) is 21.7. The van der Waals surface area contributed by atoms with Crippen molar-refractivity contribution in [1.29, 1.82) is 0 Å². The van der Waals surface area contributed by atoms with Gasteiger partial charge in [-0.05, 0) is 48.8 Å². The first-order valence-electron chi connectivity index (χ1n) is 10.2. The minimum Gasteiger partial charge on any atom is -0.397 e. The van der Waals surface area contributed by atoms with Crippen LogP contribution in [0.2, 0.25) is 0 Å². The Morgan fingerprint density at radius 3 is 2.65 bits per heavy atom. The van der Waals surface area contributed by atoms with Crippen LogP contribution in [0, 0.1) is 29.3 Å². The summed E-state index contributed by atoms with van der Waals surface area (Å²) in [5.74, 6) is -0.734. The van der Waals surface area contributed by atoms with Gasteiger partial charge >= 0.3 is 0 Å². The third kappa shape index (κ3) is 3.71. The Morgan fingerprint density at radius 2 is 1.90 bits per heavy atom. The lowest BCUT2D eigenvalue weighted by Gasteiger charge is -2.48. The number of pyridine rings is 1. The Morgan fingerprint density at radius 1 is 1.16 bits per heavy atom. The fraction of sp³-hybridized carbons (Fsp3) is 0.364. The van der Waals surface area contributed by atoms with Crippen molar-refractivity contribution in [2.75, 3.05) is 30.3 Å². The Hall–Kier alpha value is -2.81. The maximum atomic E-state index is 14.7. The van der Waals surface area contributed by atoms with Gasteiger partial charge in [0.15, 0.2) is 0 Å². The molecule has 0 atom stereocenters. The predicted octanol–water partition coefficient (Wildman–Crippen LogP) is 4.11. The van der Waals surface area contributed by atoms with Crippen molar-refractivity contribution in [3.8, 4) is 0 Å². The average molecular weight is 446 g/mol. The summed E-state index contributed by atoms with van der Waals surface area (Å²) in [5, 5.41) is 3.05. The zero-order valence-electron chi connectivity index (χ0n) is 16.6. The molecule has 0 unspecified atom stereocenters. The second-order valence-electron chi connectivity index (χ2n) is 8.36. The summed E-state index contributed by atoms with van der Waals surface area (Å²) in [5.41, 5.74) is 6.65. The number of fused-ring (bicyclic) bond motifs is 3. The number of nitrogens with one attached hydrogen (secondary N) is 1. The second kappa shape index (κ2) is 7.71. The Balaban J connectivity index is 1.24. The van der Waals surface area contributed by atoms with Gasteiger partial charge < -0.3 is 16.0 Å². The molecular weight excluding hydrogens is 425 g/mol. The van der Waals surface area contributed by atoms with Crippen LogP contribution in [0.4, 0.5) is 24.5 Å². The molecule has 0 radical (unpaired) electrons. The number of nitrogen functional groups attached to an aromatic ring is 1. The molecule has 1 aromatic carbocycles. The highest BCUT2D eigenvalue weighted by Crippen LogP contribution is 2.41. The molecule has 3 aromatic rings. The molecule has 1 amide bonds. The molecule has 6 rings (SSSR count). The molecule has 2 aliphatic heterocycles. The van der Waals surface area contributed by atoms with Crippen molar-refractivity contribution in [2.24, 2.45) is 11.8 Å². The van der Waals surface area contributed by atoms with Gasteiger partial charge in [-0.15, -0.1) is 11.3 Å². The van der Waals surface area contributed by atoms with Crippen LogP contribution in [0.25, 0.3) is 10.2 Å². The smallest absolute Gasteiger partial charge is 0.263 e. The van der Waals surface area contributed by atoms with Crippen molar-refractivity contribution in [2.45, 2.75) is 19.3 Å².